The van der Waals surface area contributed by atoms with Crippen molar-refractivity contribution in [1.29, 1.82) is 0 Å². The zero-order valence-electron chi connectivity index (χ0n) is 8.05. The van der Waals surface area contributed by atoms with E-state index in [2.05, 4.69) is 4.98 Å². The molecule has 0 spiro atoms. The van der Waals surface area contributed by atoms with Gasteiger partial charge in [0.2, 0.25) is 5.69 Å². The molecule has 0 aromatic carbocycles. The number of rotatable bonds is 4. The van der Waals surface area contributed by atoms with Gasteiger partial charge in [-0.15, -0.1) is 0 Å². The van der Waals surface area contributed by atoms with E-state index in [0.717, 1.165) is 12.8 Å². The predicted octanol–water partition coefficient (Wildman–Crippen LogP) is 0.990. The molecule has 6 heteroatoms. The highest BCUT2D eigenvalue weighted by Gasteiger charge is 2.26. The van der Waals surface area contributed by atoms with Crippen LogP contribution in [0, 0.1) is 10.1 Å². The molecule has 0 saturated heterocycles. The maximum absolute atomic E-state index is 10.5. The van der Waals surface area contributed by atoms with Crippen molar-refractivity contribution in [3.8, 4) is 5.75 Å². The first-order valence-electron chi connectivity index (χ1n) is 4.71. The quantitative estimate of drug-likeness (QED) is 0.589. The molecule has 1 heterocycles. The molecular formula is C9H11N3O3. The second-order valence-corrected chi connectivity index (χ2v) is 3.39. The molecule has 0 unspecified atom stereocenters. The number of nitro groups is 1. The van der Waals surface area contributed by atoms with Crippen LogP contribution in [-0.2, 0) is 6.54 Å². The number of nitrogens with two attached hydrogens (primary N) is 1. The number of hydrogen-bond donors (Lipinski definition) is 1. The number of ether oxygens (including phenoxy) is 1. The van der Waals surface area contributed by atoms with Crippen molar-refractivity contribution in [1.82, 2.24) is 4.98 Å². The highest BCUT2D eigenvalue weighted by Crippen LogP contribution is 2.29. The summed E-state index contributed by atoms with van der Waals surface area (Å²) in [6.45, 7) is 0.143. The topological polar surface area (TPSA) is 91.3 Å². The van der Waals surface area contributed by atoms with Crippen molar-refractivity contribution >= 4 is 5.82 Å². The molecule has 0 aliphatic heterocycles. The molecule has 1 aliphatic rings. The summed E-state index contributed by atoms with van der Waals surface area (Å²) >= 11 is 0. The van der Waals surface area contributed by atoms with Crippen LogP contribution < -0.4 is 10.5 Å². The Morgan fingerprint density at radius 3 is 2.87 bits per heavy atom. The zero-order chi connectivity index (χ0) is 10.8. The Hall–Kier alpha value is -1.69. The Morgan fingerprint density at radius 1 is 1.60 bits per heavy atom. The van der Waals surface area contributed by atoms with Crippen LogP contribution in [-0.4, -0.2) is 16.0 Å². The smallest absolute Gasteiger partial charge is 0.364 e. The standard InChI is InChI=1S/C9H11N3O3/c10-5-7-8(15-6-1-2-6)3-4-9(11-7)12(13)14/h3-4,6H,1-2,5,10H2. The Labute approximate surface area is 86.2 Å². The van der Waals surface area contributed by atoms with Crippen LogP contribution in [0.15, 0.2) is 12.1 Å². The highest BCUT2D eigenvalue weighted by molar-refractivity contribution is 5.34. The molecule has 2 rings (SSSR count). The third-order valence-corrected chi connectivity index (χ3v) is 2.12. The molecule has 6 nitrogen and oxygen atoms in total. The molecular weight excluding hydrogens is 198 g/mol. The molecule has 1 fully saturated rings. The van der Waals surface area contributed by atoms with Gasteiger partial charge in [0.15, 0.2) is 5.75 Å². The Bertz CT molecular complexity index is 390. The monoisotopic (exact) mass is 209 g/mol. The Balaban J connectivity index is 2.25. The number of nitrogens with zero attached hydrogens (tertiary/aromatic N) is 2. The van der Waals surface area contributed by atoms with Crippen LogP contribution in [0.3, 0.4) is 0 Å². The van der Waals surface area contributed by atoms with Gasteiger partial charge in [0.1, 0.15) is 0 Å². The van der Waals surface area contributed by atoms with E-state index in [0.29, 0.717) is 11.4 Å². The van der Waals surface area contributed by atoms with E-state index in [-0.39, 0.29) is 18.5 Å². The normalized spacial score (nSPS) is 15.0. The van der Waals surface area contributed by atoms with Gasteiger partial charge < -0.3 is 20.6 Å². The number of pyridine rings is 1. The summed E-state index contributed by atoms with van der Waals surface area (Å²) < 4.78 is 5.52. The van der Waals surface area contributed by atoms with Crippen molar-refractivity contribution in [2.45, 2.75) is 25.5 Å². The summed E-state index contributed by atoms with van der Waals surface area (Å²) in [5, 5.41) is 10.5. The van der Waals surface area contributed by atoms with E-state index in [1.165, 1.54) is 6.07 Å². The largest absolute Gasteiger partial charge is 0.486 e. The van der Waals surface area contributed by atoms with Crippen molar-refractivity contribution in [2.24, 2.45) is 5.73 Å². The molecule has 2 N–H and O–H groups in total. The van der Waals surface area contributed by atoms with Crippen LogP contribution in [0.1, 0.15) is 18.5 Å². The molecule has 15 heavy (non-hydrogen) atoms. The van der Waals surface area contributed by atoms with Gasteiger partial charge >= 0.3 is 5.82 Å². The molecule has 0 radical (unpaired) electrons. The minimum atomic E-state index is -0.542. The first-order valence-corrected chi connectivity index (χ1v) is 4.71. The van der Waals surface area contributed by atoms with Gasteiger partial charge in [-0.25, -0.2) is 0 Å². The fourth-order valence-electron chi connectivity index (χ4n) is 1.20. The lowest BCUT2D eigenvalue weighted by Crippen LogP contribution is -2.07. The summed E-state index contributed by atoms with van der Waals surface area (Å²) in [7, 11) is 0. The molecule has 0 atom stereocenters. The molecule has 80 valence electrons. The summed E-state index contributed by atoms with van der Waals surface area (Å²) in [4.78, 5) is 13.8. The molecule has 0 amide bonds. The second-order valence-electron chi connectivity index (χ2n) is 3.39. The molecule has 1 aromatic rings. The van der Waals surface area contributed by atoms with Gasteiger partial charge in [-0.2, -0.15) is 0 Å². The maximum atomic E-state index is 10.5. The minimum absolute atomic E-state index is 0.143. The van der Waals surface area contributed by atoms with Crippen LogP contribution >= 0.6 is 0 Å². The second kappa shape index (κ2) is 3.82. The lowest BCUT2D eigenvalue weighted by molar-refractivity contribution is -0.389. The van der Waals surface area contributed by atoms with Gasteiger partial charge in [0.25, 0.3) is 0 Å². The lowest BCUT2D eigenvalue weighted by Gasteiger charge is -2.05. The third-order valence-electron chi connectivity index (χ3n) is 2.12. The maximum Gasteiger partial charge on any atom is 0.364 e. The average Bonchev–Trinajstić information content (AvgIpc) is 3.02. The van der Waals surface area contributed by atoms with Crippen molar-refractivity contribution in [3.05, 3.63) is 27.9 Å². The summed E-state index contributed by atoms with van der Waals surface area (Å²) in [5.41, 5.74) is 5.89. The summed E-state index contributed by atoms with van der Waals surface area (Å²) in [6.07, 6.45) is 2.29. The van der Waals surface area contributed by atoms with Gasteiger partial charge in [0.05, 0.1) is 12.6 Å². The van der Waals surface area contributed by atoms with E-state index in [9.17, 15) is 10.1 Å². The predicted molar refractivity (Wildman–Crippen MR) is 52.4 cm³/mol. The first-order chi connectivity index (χ1) is 7.20. The fraction of sp³-hybridized carbons (Fsp3) is 0.444. The SMILES string of the molecule is NCc1nc([N+](=O)[O-])ccc1OC1CC1. The minimum Gasteiger partial charge on any atom is -0.486 e. The number of hydrogen-bond acceptors (Lipinski definition) is 5. The molecule has 1 saturated carbocycles. The van der Waals surface area contributed by atoms with Crippen LogP contribution in [0.25, 0.3) is 0 Å². The Kier molecular flexibility index (Phi) is 2.51. The van der Waals surface area contributed by atoms with Crippen molar-refractivity contribution in [3.63, 3.8) is 0 Å². The van der Waals surface area contributed by atoms with Crippen molar-refractivity contribution in [2.75, 3.05) is 0 Å². The van der Waals surface area contributed by atoms with Gasteiger partial charge in [0, 0.05) is 6.07 Å². The van der Waals surface area contributed by atoms with E-state index < -0.39 is 4.92 Å². The van der Waals surface area contributed by atoms with Gasteiger partial charge in [-0.05, 0) is 28.8 Å². The van der Waals surface area contributed by atoms with E-state index in [4.69, 9.17) is 10.5 Å². The Morgan fingerprint density at radius 2 is 2.33 bits per heavy atom. The van der Waals surface area contributed by atoms with Gasteiger partial charge in [-0.1, -0.05) is 0 Å². The van der Waals surface area contributed by atoms with E-state index in [1.807, 2.05) is 0 Å². The number of aromatic nitrogens is 1. The van der Waals surface area contributed by atoms with Crippen LogP contribution in [0.2, 0.25) is 0 Å². The van der Waals surface area contributed by atoms with Crippen molar-refractivity contribution < 1.29 is 9.66 Å². The molecule has 0 bridgehead atoms. The van der Waals surface area contributed by atoms with Gasteiger partial charge in [-0.3, -0.25) is 0 Å². The summed E-state index contributed by atoms with van der Waals surface area (Å²) in [5.74, 6) is 0.365. The first kappa shape index (κ1) is 9.85. The molecule has 1 aromatic heterocycles. The zero-order valence-corrected chi connectivity index (χ0v) is 8.05. The lowest BCUT2D eigenvalue weighted by atomic mass is 10.3. The summed E-state index contributed by atoms with van der Waals surface area (Å²) in [6, 6.07) is 2.89. The highest BCUT2D eigenvalue weighted by atomic mass is 16.6. The van der Waals surface area contributed by atoms with Crippen LogP contribution in [0.5, 0.6) is 5.75 Å². The fourth-order valence-corrected chi connectivity index (χ4v) is 1.20. The molecule has 1 aliphatic carbocycles. The van der Waals surface area contributed by atoms with E-state index in [1.54, 1.807) is 6.07 Å². The van der Waals surface area contributed by atoms with E-state index >= 15 is 0 Å². The average molecular weight is 209 g/mol. The van der Waals surface area contributed by atoms with Crippen LogP contribution in [0.4, 0.5) is 5.82 Å². The third kappa shape index (κ3) is 2.21.